The number of hydrogen-bond acceptors (Lipinski definition) is 2. The topological polar surface area (TPSA) is 23.5 Å². The maximum Gasteiger partial charge on any atom is 0.0935 e. The lowest BCUT2D eigenvalue weighted by Gasteiger charge is -2.37. The maximum atomic E-state index is 11.7. The largest absolute Gasteiger partial charge is 0.385 e. The fourth-order valence-corrected chi connectivity index (χ4v) is 3.76. The van der Waals surface area contributed by atoms with Gasteiger partial charge in [0.05, 0.1) is 5.60 Å². The highest BCUT2D eigenvalue weighted by molar-refractivity contribution is 6.35. The van der Waals surface area contributed by atoms with Crippen LogP contribution >= 0.6 is 23.2 Å². The van der Waals surface area contributed by atoms with E-state index in [-0.39, 0.29) is 5.92 Å². The minimum absolute atomic E-state index is 0.0178. The van der Waals surface area contributed by atoms with Crippen molar-refractivity contribution < 1.29 is 5.11 Å². The molecule has 140 valence electrons. The second kappa shape index (κ2) is 9.05. The molecule has 0 aliphatic carbocycles. The van der Waals surface area contributed by atoms with E-state index >= 15 is 0 Å². The second-order valence-corrected chi connectivity index (χ2v) is 8.08. The third-order valence-corrected chi connectivity index (χ3v) is 5.38. The van der Waals surface area contributed by atoms with Crippen molar-refractivity contribution in [3.05, 3.63) is 75.3 Å². The average Bonchev–Trinajstić information content (AvgIpc) is 2.57. The minimum atomic E-state index is -1.02. The van der Waals surface area contributed by atoms with Gasteiger partial charge < -0.3 is 10.0 Å². The Kier molecular flexibility index (Phi) is 7.31. The summed E-state index contributed by atoms with van der Waals surface area (Å²) in [5.74, 6) is 0.0178. The van der Waals surface area contributed by atoms with Crippen LogP contribution in [0.25, 0.3) is 6.08 Å². The zero-order valence-corrected chi connectivity index (χ0v) is 17.3. The molecule has 2 unspecified atom stereocenters. The van der Waals surface area contributed by atoms with Crippen LogP contribution in [0.4, 0.5) is 0 Å². The summed E-state index contributed by atoms with van der Waals surface area (Å²) in [6.45, 7) is 4.83. The van der Waals surface area contributed by atoms with Crippen molar-refractivity contribution in [2.75, 3.05) is 20.6 Å². The Labute approximate surface area is 167 Å². The van der Waals surface area contributed by atoms with E-state index in [0.717, 1.165) is 23.2 Å². The molecule has 2 nitrogen and oxygen atoms in total. The second-order valence-electron chi connectivity index (χ2n) is 7.24. The highest BCUT2D eigenvalue weighted by Gasteiger charge is 2.36. The molecule has 2 rings (SSSR count). The van der Waals surface area contributed by atoms with E-state index in [1.165, 1.54) is 0 Å². The van der Waals surface area contributed by atoms with Gasteiger partial charge in [-0.25, -0.2) is 0 Å². The maximum absolute atomic E-state index is 11.7. The summed E-state index contributed by atoms with van der Waals surface area (Å²) < 4.78 is 0. The molecular formula is C22H27Cl2NO. The van der Waals surface area contributed by atoms with Gasteiger partial charge in [0.2, 0.25) is 0 Å². The number of halogens is 2. The Hall–Kier alpha value is -1.32. The lowest BCUT2D eigenvalue weighted by molar-refractivity contribution is 0.0150. The lowest BCUT2D eigenvalue weighted by atomic mass is 9.77. The predicted molar refractivity (Wildman–Crippen MR) is 113 cm³/mol. The third kappa shape index (κ3) is 5.34. The summed E-state index contributed by atoms with van der Waals surface area (Å²) in [6, 6.07) is 15.5. The first-order valence-electron chi connectivity index (χ1n) is 8.77. The Balaban J connectivity index is 2.42. The summed E-state index contributed by atoms with van der Waals surface area (Å²) in [5.41, 5.74) is 1.87. The van der Waals surface area contributed by atoms with Gasteiger partial charge in [-0.3, -0.25) is 0 Å². The summed E-state index contributed by atoms with van der Waals surface area (Å²) in [4.78, 5) is 2.09. The van der Waals surface area contributed by atoms with Gasteiger partial charge in [-0.05, 0) is 49.9 Å². The molecule has 0 heterocycles. The van der Waals surface area contributed by atoms with Gasteiger partial charge >= 0.3 is 0 Å². The normalized spacial score (nSPS) is 15.8. The first-order chi connectivity index (χ1) is 12.2. The Morgan fingerprint density at radius 2 is 1.81 bits per heavy atom. The molecule has 0 radical (unpaired) electrons. The Morgan fingerprint density at radius 1 is 1.15 bits per heavy atom. The van der Waals surface area contributed by atoms with E-state index in [1.54, 1.807) is 6.07 Å². The standard InChI is InChI=1S/C22H27Cl2NO/c1-16(12-18-8-6-5-7-9-18)22(26,17(2)15-25(3)4)14-19-10-11-20(23)13-21(19)24/h5-13,17,26H,14-15H2,1-4H3/b16-12-. The first kappa shape index (κ1) is 21.0. The molecule has 0 amide bonds. The first-order valence-corrected chi connectivity index (χ1v) is 9.53. The van der Waals surface area contributed by atoms with Gasteiger partial charge in [-0.2, -0.15) is 0 Å². The monoisotopic (exact) mass is 391 g/mol. The van der Waals surface area contributed by atoms with Crippen LogP contribution in [0.5, 0.6) is 0 Å². The number of benzene rings is 2. The van der Waals surface area contributed by atoms with Gasteiger partial charge in [-0.15, -0.1) is 0 Å². The molecule has 2 atom stereocenters. The molecule has 2 aromatic rings. The molecule has 0 saturated heterocycles. The number of nitrogens with zero attached hydrogens (tertiary/aromatic N) is 1. The fraction of sp³-hybridized carbons (Fsp3) is 0.364. The zero-order chi connectivity index (χ0) is 19.3. The van der Waals surface area contributed by atoms with Crippen LogP contribution in [0.2, 0.25) is 10.0 Å². The molecule has 0 saturated carbocycles. The molecule has 0 spiro atoms. The molecule has 0 bridgehead atoms. The van der Waals surface area contributed by atoms with Crippen molar-refractivity contribution in [3.8, 4) is 0 Å². The molecule has 0 aromatic heterocycles. The van der Waals surface area contributed by atoms with E-state index in [4.69, 9.17) is 23.2 Å². The number of hydrogen-bond donors (Lipinski definition) is 1. The summed E-state index contributed by atoms with van der Waals surface area (Å²) in [5, 5.41) is 12.9. The van der Waals surface area contributed by atoms with Crippen LogP contribution in [0, 0.1) is 5.92 Å². The Bertz CT molecular complexity index is 758. The van der Waals surface area contributed by atoms with Gasteiger partial charge in [0.25, 0.3) is 0 Å². The van der Waals surface area contributed by atoms with Crippen molar-refractivity contribution in [2.24, 2.45) is 5.92 Å². The van der Waals surface area contributed by atoms with E-state index in [0.29, 0.717) is 16.5 Å². The number of rotatable bonds is 7. The van der Waals surface area contributed by atoms with Gasteiger partial charge in [0.1, 0.15) is 0 Å². The van der Waals surface area contributed by atoms with Crippen molar-refractivity contribution in [1.29, 1.82) is 0 Å². The van der Waals surface area contributed by atoms with Crippen molar-refractivity contribution >= 4 is 29.3 Å². The van der Waals surface area contributed by atoms with Crippen LogP contribution in [0.3, 0.4) is 0 Å². The van der Waals surface area contributed by atoms with Crippen molar-refractivity contribution in [3.63, 3.8) is 0 Å². The number of aliphatic hydroxyl groups is 1. The van der Waals surface area contributed by atoms with Crippen LogP contribution in [0.1, 0.15) is 25.0 Å². The molecule has 0 aliphatic heterocycles. The lowest BCUT2D eigenvalue weighted by Crippen LogP contribution is -2.44. The molecule has 26 heavy (non-hydrogen) atoms. The van der Waals surface area contributed by atoms with E-state index in [9.17, 15) is 5.11 Å². The quantitative estimate of drug-likeness (QED) is 0.666. The smallest absolute Gasteiger partial charge is 0.0935 e. The molecule has 2 aromatic carbocycles. The average molecular weight is 392 g/mol. The van der Waals surface area contributed by atoms with Gasteiger partial charge in [0, 0.05) is 28.9 Å². The molecule has 1 N–H and O–H groups in total. The molecule has 0 fully saturated rings. The van der Waals surface area contributed by atoms with Crippen LogP contribution in [0.15, 0.2) is 54.1 Å². The van der Waals surface area contributed by atoms with E-state index < -0.39 is 5.60 Å². The predicted octanol–water partition coefficient (Wildman–Crippen LogP) is 5.57. The highest BCUT2D eigenvalue weighted by atomic mass is 35.5. The van der Waals surface area contributed by atoms with Crippen molar-refractivity contribution in [1.82, 2.24) is 4.90 Å². The molecule has 0 aliphatic rings. The van der Waals surface area contributed by atoms with Crippen LogP contribution < -0.4 is 0 Å². The third-order valence-electron chi connectivity index (χ3n) is 4.79. The van der Waals surface area contributed by atoms with Crippen LogP contribution in [-0.2, 0) is 6.42 Å². The van der Waals surface area contributed by atoms with Crippen molar-refractivity contribution in [2.45, 2.75) is 25.9 Å². The van der Waals surface area contributed by atoms with E-state index in [2.05, 4.69) is 17.9 Å². The Morgan fingerprint density at radius 3 is 2.38 bits per heavy atom. The zero-order valence-electron chi connectivity index (χ0n) is 15.8. The van der Waals surface area contributed by atoms with Crippen LogP contribution in [-0.4, -0.2) is 36.2 Å². The SMILES string of the molecule is C/C(=C/c1ccccc1)C(O)(Cc1ccc(Cl)cc1Cl)C(C)CN(C)C. The summed E-state index contributed by atoms with van der Waals surface area (Å²) in [7, 11) is 4.03. The minimum Gasteiger partial charge on any atom is -0.385 e. The molecular weight excluding hydrogens is 365 g/mol. The highest BCUT2D eigenvalue weighted by Crippen LogP contribution is 2.34. The molecule has 4 heteroatoms. The van der Waals surface area contributed by atoms with E-state index in [1.807, 2.05) is 63.5 Å². The summed E-state index contributed by atoms with van der Waals surface area (Å²) >= 11 is 12.4. The fourth-order valence-electron chi connectivity index (χ4n) is 3.28. The van der Waals surface area contributed by atoms with Gasteiger partial charge in [-0.1, -0.05) is 72.6 Å². The summed E-state index contributed by atoms with van der Waals surface area (Å²) in [6.07, 6.45) is 2.49. The van der Waals surface area contributed by atoms with Gasteiger partial charge in [0.15, 0.2) is 0 Å².